The van der Waals surface area contributed by atoms with Crippen molar-refractivity contribution in [2.24, 2.45) is 5.18 Å². The molecule has 0 aliphatic rings. The standard InChI is InChI=1S/C15H21NO2/c1-2-3-4-5-6-7-8-13-9-10-14(12-17)15(11-13)16-18/h9-12H,2-8H2,1H3. The van der Waals surface area contributed by atoms with Gasteiger partial charge in [0.2, 0.25) is 0 Å². The van der Waals surface area contributed by atoms with Crippen LogP contribution in [0.3, 0.4) is 0 Å². The fraction of sp³-hybridized carbons (Fsp3) is 0.533. The molecule has 0 amide bonds. The lowest BCUT2D eigenvalue weighted by atomic mass is 10.0. The third kappa shape index (κ3) is 4.78. The van der Waals surface area contributed by atoms with Crippen molar-refractivity contribution in [3.8, 4) is 0 Å². The molecule has 0 radical (unpaired) electrons. The number of hydrogen-bond donors (Lipinski definition) is 0. The van der Waals surface area contributed by atoms with Crippen molar-refractivity contribution < 1.29 is 4.79 Å². The van der Waals surface area contributed by atoms with Gasteiger partial charge in [-0.1, -0.05) is 45.1 Å². The van der Waals surface area contributed by atoms with Gasteiger partial charge >= 0.3 is 0 Å². The molecular formula is C15H21NO2. The summed E-state index contributed by atoms with van der Waals surface area (Å²) < 4.78 is 0. The number of carbonyl (C=O) groups excluding carboxylic acids is 1. The van der Waals surface area contributed by atoms with Gasteiger partial charge in [-0.2, -0.15) is 0 Å². The lowest BCUT2D eigenvalue weighted by molar-refractivity contribution is 0.112. The van der Waals surface area contributed by atoms with Crippen LogP contribution in [0.15, 0.2) is 23.4 Å². The summed E-state index contributed by atoms with van der Waals surface area (Å²) in [6.45, 7) is 2.21. The molecule has 0 N–H and O–H groups in total. The molecular weight excluding hydrogens is 226 g/mol. The molecule has 0 aromatic heterocycles. The Hall–Kier alpha value is -1.51. The van der Waals surface area contributed by atoms with Gasteiger partial charge in [-0.25, -0.2) is 0 Å². The SMILES string of the molecule is CCCCCCCCc1ccc(C=O)c(N=O)c1. The van der Waals surface area contributed by atoms with Crippen molar-refractivity contribution in [3.63, 3.8) is 0 Å². The Bertz CT molecular complexity index is 388. The van der Waals surface area contributed by atoms with Gasteiger partial charge in [0.1, 0.15) is 5.69 Å². The number of hydrogen-bond acceptors (Lipinski definition) is 3. The summed E-state index contributed by atoms with van der Waals surface area (Å²) in [5.41, 5.74) is 1.72. The Balaban J connectivity index is 2.38. The zero-order chi connectivity index (χ0) is 13.2. The van der Waals surface area contributed by atoms with E-state index in [1.807, 2.05) is 6.07 Å². The minimum Gasteiger partial charge on any atom is -0.298 e. The van der Waals surface area contributed by atoms with Gasteiger partial charge in [0.15, 0.2) is 6.29 Å². The summed E-state index contributed by atoms with van der Waals surface area (Å²) >= 11 is 0. The van der Waals surface area contributed by atoms with Crippen molar-refractivity contribution >= 4 is 12.0 Å². The first-order valence-corrected chi connectivity index (χ1v) is 6.73. The Kier molecular flexibility index (Phi) is 6.92. The molecule has 0 aliphatic carbocycles. The molecule has 1 aromatic carbocycles. The van der Waals surface area contributed by atoms with Crippen LogP contribution < -0.4 is 0 Å². The molecule has 0 saturated carbocycles. The van der Waals surface area contributed by atoms with Gasteiger partial charge in [0, 0.05) is 5.56 Å². The van der Waals surface area contributed by atoms with Crippen LogP contribution in [0.4, 0.5) is 5.69 Å². The Morgan fingerprint density at radius 1 is 1.11 bits per heavy atom. The van der Waals surface area contributed by atoms with Gasteiger partial charge in [-0.15, -0.1) is 4.91 Å². The normalized spacial score (nSPS) is 10.3. The van der Waals surface area contributed by atoms with Gasteiger partial charge in [-0.3, -0.25) is 4.79 Å². The molecule has 0 fully saturated rings. The van der Waals surface area contributed by atoms with Crippen molar-refractivity contribution in [3.05, 3.63) is 34.2 Å². The Morgan fingerprint density at radius 2 is 1.83 bits per heavy atom. The van der Waals surface area contributed by atoms with Crippen LogP contribution in [-0.2, 0) is 6.42 Å². The topological polar surface area (TPSA) is 46.5 Å². The molecule has 0 aliphatic heterocycles. The predicted octanol–water partition coefficient (Wildman–Crippen LogP) is 4.80. The van der Waals surface area contributed by atoms with E-state index < -0.39 is 0 Å². The van der Waals surface area contributed by atoms with E-state index in [2.05, 4.69) is 12.1 Å². The average molecular weight is 247 g/mol. The third-order valence-corrected chi connectivity index (χ3v) is 3.14. The van der Waals surface area contributed by atoms with Crippen molar-refractivity contribution in [2.75, 3.05) is 0 Å². The molecule has 0 spiro atoms. The van der Waals surface area contributed by atoms with Gasteiger partial charge in [0.25, 0.3) is 0 Å². The summed E-state index contributed by atoms with van der Waals surface area (Å²) in [6.07, 6.45) is 9.14. The van der Waals surface area contributed by atoms with E-state index in [0.717, 1.165) is 18.4 Å². The van der Waals surface area contributed by atoms with Crippen LogP contribution in [0.1, 0.15) is 61.4 Å². The first-order valence-electron chi connectivity index (χ1n) is 6.73. The molecule has 98 valence electrons. The van der Waals surface area contributed by atoms with E-state index in [1.54, 1.807) is 12.1 Å². The molecule has 3 nitrogen and oxygen atoms in total. The first kappa shape index (κ1) is 14.6. The second-order valence-electron chi connectivity index (χ2n) is 4.62. The van der Waals surface area contributed by atoms with Crippen LogP contribution >= 0.6 is 0 Å². The fourth-order valence-corrected chi connectivity index (χ4v) is 2.03. The molecule has 18 heavy (non-hydrogen) atoms. The van der Waals surface area contributed by atoms with Gasteiger partial charge in [0.05, 0.1) is 0 Å². The summed E-state index contributed by atoms with van der Waals surface area (Å²) in [5, 5.41) is 2.89. The zero-order valence-corrected chi connectivity index (χ0v) is 11.0. The number of carbonyl (C=O) groups is 1. The second-order valence-corrected chi connectivity index (χ2v) is 4.62. The molecule has 1 aromatic rings. The van der Waals surface area contributed by atoms with E-state index in [9.17, 15) is 9.70 Å². The average Bonchev–Trinajstić information content (AvgIpc) is 2.42. The Morgan fingerprint density at radius 3 is 2.50 bits per heavy atom. The van der Waals surface area contributed by atoms with E-state index in [4.69, 9.17) is 0 Å². The molecule has 1 rings (SSSR count). The van der Waals surface area contributed by atoms with E-state index in [1.165, 1.54) is 32.1 Å². The smallest absolute Gasteiger partial charge is 0.152 e. The molecule has 3 heteroatoms. The highest BCUT2D eigenvalue weighted by molar-refractivity contribution is 5.82. The number of aldehydes is 1. The van der Waals surface area contributed by atoms with Crippen molar-refractivity contribution in [1.82, 2.24) is 0 Å². The number of nitrogens with zero attached hydrogens (tertiary/aromatic N) is 1. The van der Waals surface area contributed by atoms with Crippen LogP contribution in [0.25, 0.3) is 0 Å². The van der Waals surface area contributed by atoms with E-state index >= 15 is 0 Å². The molecule has 0 bridgehead atoms. The predicted molar refractivity (Wildman–Crippen MR) is 74.4 cm³/mol. The number of rotatable bonds is 9. The second kappa shape index (κ2) is 8.56. The van der Waals surface area contributed by atoms with Crippen LogP contribution in [0.5, 0.6) is 0 Å². The third-order valence-electron chi connectivity index (χ3n) is 3.14. The summed E-state index contributed by atoms with van der Waals surface area (Å²) in [4.78, 5) is 21.2. The first-order chi connectivity index (χ1) is 8.81. The van der Waals surface area contributed by atoms with Crippen LogP contribution in [0, 0.1) is 4.91 Å². The van der Waals surface area contributed by atoms with Crippen molar-refractivity contribution in [2.45, 2.75) is 51.9 Å². The molecule has 0 unspecified atom stereocenters. The van der Waals surface area contributed by atoms with Gasteiger partial charge in [-0.05, 0) is 35.7 Å². The molecule has 0 atom stereocenters. The monoisotopic (exact) mass is 247 g/mol. The number of benzene rings is 1. The number of nitroso groups, excluding NO2 is 1. The largest absolute Gasteiger partial charge is 0.298 e. The van der Waals surface area contributed by atoms with Crippen LogP contribution in [0.2, 0.25) is 0 Å². The molecule has 0 saturated heterocycles. The number of unbranched alkanes of at least 4 members (excludes halogenated alkanes) is 5. The highest BCUT2D eigenvalue weighted by Gasteiger charge is 2.03. The maximum absolute atomic E-state index is 10.7. The zero-order valence-electron chi connectivity index (χ0n) is 11.0. The summed E-state index contributed by atoms with van der Waals surface area (Å²) in [7, 11) is 0. The maximum Gasteiger partial charge on any atom is 0.152 e. The minimum absolute atomic E-state index is 0.258. The summed E-state index contributed by atoms with van der Waals surface area (Å²) in [6, 6.07) is 5.31. The lowest BCUT2D eigenvalue weighted by Gasteiger charge is -2.03. The minimum atomic E-state index is 0.258. The molecule has 0 heterocycles. The van der Waals surface area contributed by atoms with Crippen LogP contribution in [-0.4, -0.2) is 6.29 Å². The quantitative estimate of drug-likeness (QED) is 0.357. The highest BCUT2D eigenvalue weighted by Crippen LogP contribution is 2.20. The Labute approximate surface area is 109 Å². The van der Waals surface area contributed by atoms with Gasteiger partial charge < -0.3 is 0 Å². The number of aryl methyl sites for hydroxylation is 1. The maximum atomic E-state index is 10.7. The summed E-state index contributed by atoms with van der Waals surface area (Å²) in [5.74, 6) is 0. The lowest BCUT2D eigenvalue weighted by Crippen LogP contribution is -1.89. The van der Waals surface area contributed by atoms with E-state index in [-0.39, 0.29) is 5.69 Å². The van der Waals surface area contributed by atoms with E-state index in [0.29, 0.717) is 11.8 Å². The fourth-order valence-electron chi connectivity index (χ4n) is 2.03. The highest BCUT2D eigenvalue weighted by atomic mass is 16.3. The van der Waals surface area contributed by atoms with Crippen molar-refractivity contribution in [1.29, 1.82) is 0 Å².